The standard InChI is InChI=1S/C25H19F3N6O3/c1-35-20-11-18-19(12-21(20)36-2)29-13-30-23(18)37-17-8-3-5-14(9-17)22-32-24(34-33-22)31-16-7-4-6-15(10-16)25(26,27)28/h3-13H,1-2H3,(H2,31,32,33,34). The smallest absolute Gasteiger partial charge is 0.416 e. The van der Waals surface area contributed by atoms with Crippen LogP contribution in [0.3, 0.4) is 0 Å². The number of hydrogen-bond acceptors (Lipinski definition) is 8. The van der Waals surface area contributed by atoms with E-state index in [9.17, 15) is 13.2 Å². The second kappa shape index (κ2) is 9.64. The summed E-state index contributed by atoms with van der Waals surface area (Å²) in [6.45, 7) is 0. The number of halogens is 3. The Kier molecular flexibility index (Phi) is 6.22. The molecule has 0 atom stereocenters. The fourth-order valence-electron chi connectivity index (χ4n) is 3.61. The molecule has 0 bridgehead atoms. The van der Waals surface area contributed by atoms with Crippen LogP contribution < -0.4 is 19.5 Å². The van der Waals surface area contributed by atoms with Crippen LogP contribution in [-0.2, 0) is 6.18 Å². The van der Waals surface area contributed by atoms with Gasteiger partial charge in [0.05, 0.1) is 30.7 Å². The average molecular weight is 508 g/mol. The number of alkyl halides is 3. The van der Waals surface area contributed by atoms with E-state index in [1.54, 1.807) is 36.4 Å². The van der Waals surface area contributed by atoms with E-state index in [-0.39, 0.29) is 11.6 Å². The third-order valence-electron chi connectivity index (χ3n) is 5.36. The Balaban J connectivity index is 1.39. The third kappa shape index (κ3) is 5.08. The number of rotatable bonds is 7. The highest BCUT2D eigenvalue weighted by atomic mass is 19.4. The van der Waals surface area contributed by atoms with E-state index in [0.717, 1.165) is 12.1 Å². The average Bonchev–Trinajstić information content (AvgIpc) is 3.36. The number of hydrogen-bond donors (Lipinski definition) is 2. The molecule has 2 N–H and O–H groups in total. The predicted molar refractivity (Wildman–Crippen MR) is 129 cm³/mol. The molecule has 0 unspecified atom stereocenters. The van der Waals surface area contributed by atoms with Crippen LogP contribution in [0, 0.1) is 0 Å². The summed E-state index contributed by atoms with van der Waals surface area (Å²) in [6.07, 6.45) is -3.07. The third-order valence-corrected chi connectivity index (χ3v) is 5.36. The van der Waals surface area contributed by atoms with Gasteiger partial charge in [-0.25, -0.2) is 9.97 Å². The Labute approximate surface area is 208 Å². The molecule has 12 heteroatoms. The van der Waals surface area contributed by atoms with Gasteiger partial charge >= 0.3 is 6.18 Å². The molecule has 3 aromatic carbocycles. The minimum atomic E-state index is -4.45. The van der Waals surface area contributed by atoms with Crippen molar-refractivity contribution in [2.45, 2.75) is 6.18 Å². The molecule has 0 amide bonds. The molecule has 0 fully saturated rings. The molecule has 37 heavy (non-hydrogen) atoms. The SMILES string of the molecule is COc1cc2ncnc(Oc3cccc(-c4nc(Nc5cccc(C(F)(F)F)c5)n[nH]4)c3)c2cc1OC. The maximum absolute atomic E-state index is 13.0. The Morgan fingerprint density at radius 3 is 2.46 bits per heavy atom. The van der Waals surface area contributed by atoms with Gasteiger partial charge in [0.2, 0.25) is 11.8 Å². The lowest BCUT2D eigenvalue weighted by atomic mass is 10.2. The number of nitrogens with one attached hydrogen (secondary N) is 2. The summed E-state index contributed by atoms with van der Waals surface area (Å²) in [7, 11) is 3.07. The van der Waals surface area contributed by atoms with Gasteiger partial charge in [-0.05, 0) is 36.4 Å². The Bertz CT molecular complexity index is 1570. The van der Waals surface area contributed by atoms with Crippen LogP contribution in [0.2, 0.25) is 0 Å². The number of nitrogens with zero attached hydrogens (tertiary/aromatic N) is 4. The summed E-state index contributed by atoms with van der Waals surface area (Å²) < 4.78 is 55.7. The fourth-order valence-corrected chi connectivity index (χ4v) is 3.61. The quantitative estimate of drug-likeness (QED) is 0.276. The normalized spacial score (nSPS) is 11.4. The first-order valence-electron chi connectivity index (χ1n) is 10.9. The molecule has 0 saturated carbocycles. The molecule has 0 radical (unpaired) electrons. The van der Waals surface area contributed by atoms with Crippen molar-refractivity contribution < 1.29 is 27.4 Å². The van der Waals surface area contributed by atoms with Crippen LogP contribution in [0.5, 0.6) is 23.1 Å². The second-order valence-corrected chi connectivity index (χ2v) is 7.74. The van der Waals surface area contributed by atoms with Crippen molar-refractivity contribution in [3.05, 3.63) is 72.6 Å². The van der Waals surface area contributed by atoms with Crippen LogP contribution in [0.15, 0.2) is 67.0 Å². The van der Waals surface area contributed by atoms with Gasteiger partial charge in [-0.3, -0.25) is 5.10 Å². The summed E-state index contributed by atoms with van der Waals surface area (Å²) >= 11 is 0. The summed E-state index contributed by atoms with van der Waals surface area (Å²) in [4.78, 5) is 12.9. The lowest BCUT2D eigenvalue weighted by Crippen LogP contribution is -2.05. The van der Waals surface area contributed by atoms with E-state index in [4.69, 9.17) is 14.2 Å². The molecular weight excluding hydrogens is 489 g/mol. The number of aromatic nitrogens is 5. The molecule has 0 aliphatic rings. The van der Waals surface area contributed by atoms with E-state index < -0.39 is 11.7 Å². The first kappa shape index (κ1) is 23.9. The summed E-state index contributed by atoms with van der Waals surface area (Å²) in [5, 5.41) is 10.2. The maximum atomic E-state index is 13.0. The first-order valence-corrected chi connectivity index (χ1v) is 10.9. The van der Waals surface area contributed by atoms with Gasteiger partial charge in [-0.15, -0.1) is 5.10 Å². The lowest BCUT2D eigenvalue weighted by molar-refractivity contribution is -0.137. The Morgan fingerprint density at radius 1 is 0.892 bits per heavy atom. The molecule has 5 aromatic rings. The minimum absolute atomic E-state index is 0.114. The Hall–Kier alpha value is -4.87. The summed E-state index contributed by atoms with van der Waals surface area (Å²) in [5.41, 5.74) is 0.686. The molecule has 5 rings (SSSR count). The zero-order chi connectivity index (χ0) is 26.0. The van der Waals surface area contributed by atoms with Crippen LogP contribution in [0.25, 0.3) is 22.3 Å². The predicted octanol–water partition coefficient (Wildman–Crippen LogP) is 5.99. The lowest BCUT2D eigenvalue weighted by Gasteiger charge is -2.11. The van der Waals surface area contributed by atoms with Gasteiger partial charge in [0, 0.05) is 17.3 Å². The topological polar surface area (TPSA) is 107 Å². The van der Waals surface area contributed by atoms with E-state index in [1.165, 1.54) is 32.7 Å². The highest BCUT2D eigenvalue weighted by Gasteiger charge is 2.30. The van der Waals surface area contributed by atoms with E-state index >= 15 is 0 Å². The van der Waals surface area contributed by atoms with Crippen molar-refractivity contribution in [1.29, 1.82) is 0 Å². The van der Waals surface area contributed by atoms with Crippen LogP contribution in [0.1, 0.15) is 5.56 Å². The van der Waals surface area contributed by atoms with Gasteiger partial charge in [0.15, 0.2) is 17.3 Å². The number of methoxy groups -OCH3 is 2. The zero-order valence-electron chi connectivity index (χ0n) is 19.5. The highest BCUT2D eigenvalue weighted by Crippen LogP contribution is 2.36. The summed E-state index contributed by atoms with van der Waals surface area (Å²) in [6, 6.07) is 15.3. The van der Waals surface area contributed by atoms with E-state index in [1.807, 2.05) is 0 Å². The molecule has 2 aromatic heterocycles. The van der Waals surface area contributed by atoms with Gasteiger partial charge < -0.3 is 19.5 Å². The fraction of sp³-hybridized carbons (Fsp3) is 0.120. The number of benzene rings is 3. The van der Waals surface area contributed by atoms with Crippen LogP contribution in [0.4, 0.5) is 24.8 Å². The van der Waals surface area contributed by atoms with Crippen molar-refractivity contribution >= 4 is 22.5 Å². The van der Waals surface area contributed by atoms with Crippen molar-refractivity contribution in [3.8, 4) is 34.5 Å². The first-order chi connectivity index (χ1) is 17.8. The monoisotopic (exact) mass is 508 g/mol. The minimum Gasteiger partial charge on any atom is -0.493 e. The van der Waals surface area contributed by atoms with E-state index in [0.29, 0.717) is 45.4 Å². The zero-order valence-corrected chi connectivity index (χ0v) is 19.5. The van der Waals surface area contributed by atoms with Crippen molar-refractivity contribution in [3.63, 3.8) is 0 Å². The van der Waals surface area contributed by atoms with Gasteiger partial charge in [0.25, 0.3) is 0 Å². The maximum Gasteiger partial charge on any atom is 0.416 e. The molecule has 188 valence electrons. The van der Waals surface area contributed by atoms with Gasteiger partial charge in [0.1, 0.15) is 12.1 Å². The molecule has 0 aliphatic carbocycles. The van der Waals surface area contributed by atoms with Gasteiger partial charge in [-0.2, -0.15) is 18.2 Å². The second-order valence-electron chi connectivity index (χ2n) is 7.74. The van der Waals surface area contributed by atoms with E-state index in [2.05, 4.69) is 30.5 Å². The Morgan fingerprint density at radius 2 is 1.68 bits per heavy atom. The number of aromatic amines is 1. The molecule has 9 nitrogen and oxygen atoms in total. The number of anilines is 2. The van der Waals surface area contributed by atoms with Crippen molar-refractivity contribution in [2.75, 3.05) is 19.5 Å². The highest BCUT2D eigenvalue weighted by molar-refractivity contribution is 5.87. The number of fused-ring (bicyclic) bond motifs is 1. The van der Waals surface area contributed by atoms with Gasteiger partial charge in [-0.1, -0.05) is 18.2 Å². The molecule has 0 aliphatic heterocycles. The van der Waals surface area contributed by atoms with Crippen molar-refractivity contribution in [1.82, 2.24) is 25.1 Å². The molecule has 0 spiro atoms. The van der Waals surface area contributed by atoms with Crippen LogP contribution >= 0.6 is 0 Å². The summed E-state index contributed by atoms with van der Waals surface area (Å²) in [5.74, 6) is 2.32. The number of ether oxygens (including phenoxy) is 3. The molecule has 2 heterocycles. The van der Waals surface area contributed by atoms with Crippen LogP contribution in [-0.4, -0.2) is 39.4 Å². The van der Waals surface area contributed by atoms with Crippen molar-refractivity contribution in [2.24, 2.45) is 0 Å². The molecule has 0 saturated heterocycles. The largest absolute Gasteiger partial charge is 0.493 e. The molecular formula is C25H19F3N6O3. The number of H-pyrrole nitrogens is 1.